The molecule has 0 aliphatic carbocycles. The van der Waals surface area contributed by atoms with E-state index in [2.05, 4.69) is 82.8 Å². The van der Waals surface area contributed by atoms with Crippen molar-refractivity contribution in [3.8, 4) is 0 Å². The first-order valence-electron chi connectivity index (χ1n) is 7.32. The topological polar surface area (TPSA) is 12.0 Å². The van der Waals surface area contributed by atoms with Gasteiger partial charge in [0.25, 0.3) is 0 Å². The summed E-state index contributed by atoms with van der Waals surface area (Å²) in [6.45, 7) is 3.18. The van der Waals surface area contributed by atoms with Crippen LogP contribution in [0.15, 0.2) is 59.1 Å². The molecule has 1 nitrogen and oxygen atoms in total. The smallest absolute Gasteiger partial charge is 0.0320 e. The van der Waals surface area contributed by atoms with Gasteiger partial charge in [-0.05, 0) is 49.1 Å². The van der Waals surface area contributed by atoms with E-state index >= 15 is 0 Å². The van der Waals surface area contributed by atoms with Gasteiger partial charge in [-0.15, -0.1) is 0 Å². The van der Waals surface area contributed by atoms with Crippen LogP contribution in [0.4, 0.5) is 0 Å². The maximum Gasteiger partial charge on any atom is 0.0320 e. The van der Waals surface area contributed by atoms with Crippen molar-refractivity contribution in [2.75, 3.05) is 6.54 Å². The summed E-state index contributed by atoms with van der Waals surface area (Å²) in [4.78, 5) is 0. The molecule has 0 amide bonds. The Morgan fingerprint density at radius 3 is 2.55 bits per heavy atom. The molecule has 0 aliphatic heterocycles. The van der Waals surface area contributed by atoms with Crippen molar-refractivity contribution >= 4 is 15.9 Å². The molecule has 106 valence electrons. The Kier molecular flexibility index (Phi) is 6.28. The average molecular weight is 332 g/mol. The van der Waals surface area contributed by atoms with E-state index in [-0.39, 0.29) is 0 Å². The molecule has 2 heteroatoms. The molecule has 2 aromatic rings. The Morgan fingerprint density at radius 1 is 1.05 bits per heavy atom. The zero-order valence-corrected chi connectivity index (χ0v) is 13.6. The van der Waals surface area contributed by atoms with Gasteiger partial charge in [0.15, 0.2) is 0 Å². The standard InChI is InChI=1S/C18H22BrN/c1-2-20-18(16-10-4-3-5-11-16)13-7-9-15-8-6-12-17(19)14-15/h3-6,8,10-12,14,18,20H,2,7,9,13H2,1H3. The van der Waals surface area contributed by atoms with Crippen LogP contribution in [0.3, 0.4) is 0 Å². The zero-order valence-electron chi connectivity index (χ0n) is 12.0. The lowest BCUT2D eigenvalue weighted by Gasteiger charge is -2.18. The zero-order chi connectivity index (χ0) is 14.2. The molecular formula is C18H22BrN. The lowest BCUT2D eigenvalue weighted by Crippen LogP contribution is -2.20. The van der Waals surface area contributed by atoms with Crippen LogP contribution in [-0.2, 0) is 6.42 Å². The predicted molar refractivity (Wildman–Crippen MR) is 89.9 cm³/mol. The molecule has 0 spiro atoms. The molecule has 20 heavy (non-hydrogen) atoms. The van der Waals surface area contributed by atoms with E-state index in [1.54, 1.807) is 0 Å². The van der Waals surface area contributed by atoms with Gasteiger partial charge in [-0.3, -0.25) is 0 Å². The van der Waals surface area contributed by atoms with Gasteiger partial charge < -0.3 is 5.32 Å². The van der Waals surface area contributed by atoms with Crippen LogP contribution in [-0.4, -0.2) is 6.54 Å². The van der Waals surface area contributed by atoms with Gasteiger partial charge in [0.1, 0.15) is 0 Å². The molecule has 0 radical (unpaired) electrons. The summed E-state index contributed by atoms with van der Waals surface area (Å²) < 4.78 is 1.17. The van der Waals surface area contributed by atoms with E-state index in [0.29, 0.717) is 6.04 Å². The SMILES string of the molecule is CCNC(CCCc1cccc(Br)c1)c1ccccc1. The number of rotatable bonds is 7. The second-order valence-corrected chi connectivity index (χ2v) is 5.96. The van der Waals surface area contributed by atoms with Crippen molar-refractivity contribution in [3.63, 3.8) is 0 Å². The van der Waals surface area contributed by atoms with E-state index < -0.39 is 0 Å². The van der Waals surface area contributed by atoms with Crippen molar-refractivity contribution in [1.29, 1.82) is 0 Å². The normalized spacial score (nSPS) is 12.3. The molecule has 2 aromatic carbocycles. The van der Waals surface area contributed by atoms with Gasteiger partial charge in [-0.1, -0.05) is 65.3 Å². The van der Waals surface area contributed by atoms with Crippen LogP contribution in [0, 0.1) is 0 Å². The third-order valence-corrected chi connectivity index (χ3v) is 3.99. The first-order valence-corrected chi connectivity index (χ1v) is 8.11. The molecule has 1 atom stereocenters. The molecule has 0 fully saturated rings. The summed E-state index contributed by atoms with van der Waals surface area (Å²) in [6.07, 6.45) is 3.50. The Morgan fingerprint density at radius 2 is 1.85 bits per heavy atom. The van der Waals surface area contributed by atoms with Gasteiger partial charge in [0, 0.05) is 10.5 Å². The van der Waals surface area contributed by atoms with E-state index in [0.717, 1.165) is 13.0 Å². The number of benzene rings is 2. The summed E-state index contributed by atoms with van der Waals surface area (Å²) in [7, 11) is 0. The molecule has 0 saturated carbocycles. The third-order valence-electron chi connectivity index (χ3n) is 3.50. The summed E-state index contributed by atoms with van der Waals surface area (Å²) in [5, 5.41) is 3.59. The average Bonchev–Trinajstić information content (AvgIpc) is 2.47. The Hall–Kier alpha value is -1.12. The molecule has 0 aromatic heterocycles. The van der Waals surface area contributed by atoms with Crippen LogP contribution in [0.2, 0.25) is 0 Å². The van der Waals surface area contributed by atoms with Gasteiger partial charge in [-0.2, -0.15) is 0 Å². The second kappa shape index (κ2) is 8.23. The molecular weight excluding hydrogens is 310 g/mol. The number of aryl methyl sites for hydroxylation is 1. The fourth-order valence-corrected chi connectivity index (χ4v) is 2.97. The second-order valence-electron chi connectivity index (χ2n) is 5.04. The molecule has 0 saturated heterocycles. The van der Waals surface area contributed by atoms with Crippen LogP contribution in [0.25, 0.3) is 0 Å². The van der Waals surface area contributed by atoms with Crippen molar-refractivity contribution in [1.82, 2.24) is 5.32 Å². The van der Waals surface area contributed by atoms with Crippen molar-refractivity contribution < 1.29 is 0 Å². The minimum Gasteiger partial charge on any atom is -0.310 e. The Bertz CT molecular complexity index is 510. The van der Waals surface area contributed by atoms with Gasteiger partial charge in [-0.25, -0.2) is 0 Å². The van der Waals surface area contributed by atoms with E-state index in [1.165, 1.54) is 28.4 Å². The van der Waals surface area contributed by atoms with Gasteiger partial charge >= 0.3 is 0 Å². The monoisotopic (exact) mass is 331 g/mol. The highest BCUT2D eigenvalue weighted by Gasteiger charge is 2.09. The van der Waals surface area contributed by atoms with Crippen LogP contribution in [0.1, 0.15) is 36.9 Å². The Labute approximate surface area is 130 Å². The van der Waals surface area contributed by atoms with Crippen molar-refractivity contribution in [3.05, 3.63) is 70.2 Å². The molecule has 0 heterocycles. The minimum absolute atomic E-state index is 0.466. The highest BCUT2D eigenvalue weighted by Crippen LogP contribution is 2.20. The molecule has 0 aliphatic rings. The van der Waals surface area contributed by atoms with E-state index in [1.807, 2.05) is 0 Å². The number of hydrogen-bond acceptors (Lipinski definition) is 1. The third kappa shape index (κ3) is 4.77. The predicted octanol–water partition coefficient (Wildman–Crippen LogP) is 5.12. The van der Waals surface area contributed by atoms with Crippen LogP contribution >= 0.6 is 15.9 Å². The van der Waals surface area contributed by atoms with Crippen molar-refractivity contribution in [2.45, 2.75) is 32.2 Å². The molecule has 1 unspecified atom stereocenters. The quantitative estimate of drug-likeness (QED) is 0.742. The molecule has 2 rings (SSSR count). The molecule has 1 N–H and O–H groups in total. The highest BCUT2D eigenvalue weighted by molar-refractivity contribution is 9.10. The van der Waals surface area contributed by atoms with Gasteiger partial charge in [0.2, 0.25) is 0 Å². The summed E-state index contributed by atoms with van der Waals surface area (Å²) in [5.41, 5.74) is 2.80. The number of halogens is 1. The first kappa shape index (κ1) is 15.3. The number of hydrogen-bond donors (Lipinski definition) is 1. The lowest BCUT2D eigenvalue weighted by molar-refractivity contribution is 0.498. The molecule has 0 bridgehead atoms. The van der Waals surface area contributed by atoms with E-state index in [4.69, 9.17) is 0 Å². The fraction of sp³-hybridized carbons (Fsp3) is 0.333. The van der Waals surface area contributed by atoms with Crippen molar-refractivity contribution in [2.24, 2.45) is 0 Å². The largest absolute Gasteiger partial charge is 0.310 e. The maximum atomic E-state index is 3.59. The van der Waals surface area contributed by atoms with E-state index in [9.17, 15) is 0 Å². The highest BCUT2D eigenvalue weighted by atomic mass is 79.9. The fourth-order valence-electron chi connectivity index (χ4n) is 2.52. The van der Waals surface area contributed by atoms with Crippen LogP contribution < -0.4 is 5.32 Å². The first-order chi connectivity index (χ1) is 9.79. The lowest BCUT2D eigenvalue weighted by atomic mass is 9.99. The van der Waals surface area contributed by atoms with Gasteiger partial charge in [0.05, 0.1) is 0 Å². The summed E-state index contributed by atoms with van der Waals surface area (Å²) in [6, 6.07) is 19.8. The van der Waals surface area contributed by atoms with Crippen LogP contribution in [0.5, 0.6) is 0 Å². The minimum atomic E-state index is 0.466. The Balaban J connectivity index is 1.90. The number of nitrogens with one attached hydrogen (secondary N) is 1. The maximum absolute atomic E-state index is 3.59. The summed E-state index contributed by atoms with van der Waals surface area (Å²) in [5.74, 6) is 0. The summed E-state index contributed by atoms with van der Waals surface area (Å²) >= 11 is 3.53.